The molecule has 0 aromatic heterocycles. The largest absolute Gasteiger partial charge is 0.306 e. The molecule has 1 nitrogen and oxygen atoms in total. The van der Waals surface area contributed by atoms with E-state index in [9.17, 15) is 0 Å². The van der Waals surface area contributed by atoms with Crippen molar-refractivity contribution in [3.05, 3.63) is 0 Å². The van der Waals surface area contributed by atoms with Crippen LogP contribution in [0.2, 0.25) is 0 Å². The lowest BCUT2D eigenvalue weighted by atomic mass is 9.96. The van der Waals surface area contributed by atoms with E-state index in [1.54, 1.807) is 0 Å². The van der Waals surface area contributed by atoms with Crippen LogP contribution < -0.4 is 0 Å². The summed E-state index contributed by atoms with van der Waals surface area (Å²) in [6, 6.07) is 0. The summed E-state index contributed by atoms with van der Waals surface area (Å²) >= 11 is 4.36. The molecule has 80 valence electrons. The Labute approximate surface area is 89.3 Å². The average Bonchev–Trinajstić information content (AvgIpc) is 2.04. The summed E-state index contributed by atoms with van der Waals surface area (Å²) in [5, 5.41) is 0. The molecule has 0 saturated carbocycles. The molecule has 0 atom stereocenters. The van der Waals surface area contributed by atoms with Crippen LogP contribution in [0.15, 0.2) is 0 Å². The van der Waals surface area contributed by atoms with Gasteiger partial charge in [-0.05, 0) is 31.2 Å². The lowest BCUT2D eigenvalue weighted by Gasteiger charge is -2.28. The zero-order chi connectivity index (χ0) is 10.3. The van der Waals surface area contributed by atoms with E-state index in [1.165, 1.54) is 25.8 Å². The second-order valence-electron chi connectivity index (χ2n) is 4.77. The van der Waals surface area contributed by atoms with Crippen LogP contribution in [0, 0.1) is 5.41 Å². The van der Waals surface area contributed by atoms with Gasteiger partial charge in [0.2, 0.25) is 0 Å². The minimum atomic E-state index is 0.351. The molecule has 0 unspecified atom stereocenters. The van der Waals surface area contributed by atoms with E-state index < -0.39 is 0 Å². The molecule has 2 heteroatoms. The van der Waals surface area contributed by atoms with Crippen molar-refractivity contribution in [2.45, 2.75) is 40.0 Å². The fourth-order valence-electron chi connectivity index (χ4n) is 1.49. The second kappa shape index (κ2) is 6.72. The van der Waals surface area contributed by atoms with Crippen LogP contribution >= 0.6 is 12.6 Å². The normalized spacial score (nSPS) is 12.5. The van der Waals surface area contributed by atoms with Crippen LogP contribution in [-0.2, 0) is 0 Å². The first kappa shape index (κ1) is 13.3. The van der Waals surface area contributed by atoms with Crippen molar-refractivity contribution in [3.63, 3.8) is 0 Å². The molecular formula is C11H25NS. The summed E-state index contributed by atoms with van der Waals surface area (Å²) < 4.78 is 0. The van der Waals surface area contributed by atoms with E-state index in [2.05, 4.69) is 45.3 Å². The molecule has 0 saturated heterocycles. The first-order valence-electron chi connectivity index (χ1n) is 5.31. The van der Waals surface area contributed by atoms with Gasteiger partial charge in [0.25, 0.3) is 0 Å². The Morgan fingerprint density at radius 2 is 1.85 bits per heavy atom. The van der Waals surface area contributed by atoms with E-state index in [0.29, 0.717) is 5.41 Å². The van der Waals surface area contributed by atoms with E-state index in [-0.39, 0.29) is 0 Å². The Morgan fingerprint density at radius 1 is 1.23 bits per heavy atom. The fourth-order valence-corrected chi connectivity index (χ4v) is 1.59. The molecule has 0 aromatic carbocycles. The molecule has 0 N–H and O–H groups in total. The van der Waals surface area contributed by atoms with Gasteiger partial charge in [-0.3, -0.25) is 0 Å². The third-order valence-corrected chi connectivity index (χ3v) is 3.13. The number of hydrogen-bond acceptors (Lipinski definition) is 2. The van der Waals surface area contributed by atoms with Gasteiger partial charge in [-0.15, -0.1) is 0 Å². The van der Waals surface area contributed by atoms with Crippen molar-refractivity contribution in [1.82, 2.24) is 4.90 Å². The summed E-state index contributed by atoms with van der Waals surface area (Å²) in [7, 11) is 2.21. The predicted molar refractivity (Wildman–Crippen MR) is 64.7 cm³/mol. The lowest BCUT2D eigenvalue weighted by molar-refractivity contribution is 0.228. The number of hydrogen-bond donors (Lipinski definition) is 1. The van der Waals surface area contributed by atoms with Gasteiger partial charge in [0, 0.05) is 6.54 Å². The molecule has 0 aliphatic rings. The molecule has 0 spiro atoms. The second-order valence-corrected chi connectivity index (χ2v) is 5.08. The Balaban J connectivity index is 3.55. The zero-order valence-electron chi connectivity index (χ0n) is 9.64. The lowest BCUT2D eigenvalue weighted by Crippen LogP contribution is -2.33. The molecule has 0 rings (SSSR count). The standard InChI is InChI=1S/C11H25NS/c1-5-6-7-8-12(4)9-11(2,3)10-13/h13H,5-10H2,1-4H3. The highest BCUT2D eigenvalue weighted by Crippen LogP contribution is 2.17. The number of nitrogens with zero attached hydrogens (tertiary/aromatic N) is 1. The van der Waals surface area contributed by atoms with Crippen LogP contribution in [0.4, 0.5) is 0 Å². The quantitative estimate of drug-likeness (QED) is 0.491. The van der Waals surface area contributed by atoms with Crippen LogP contribution in [0.1, 0.15) is 40.0 Å². The topological polar surface area (TPSA) is 3.24 Å². The third kappa shape index (κ3) is 7.39. The maximum absolute atomic E-state index is 4.36. The number of thiol groups is 1. The summed E-state index contributed by atoms with van der Waals surface area (Å²) in [5.74, 6) is 0.963. The van der Waals surface area contributed by atoms with E-state index in [1.807, 2.05) is 0 Å². The maximum atomic E-state index is 4.36. The van der Waals surface area contributed by atoms with Gasteiger partial charge in [-0.2, -0.15) is 12.6 Å². The minimum Gasteiger partial charge on any atom is -0.306 e. The van der Waals surface area contributed by atoms with Crippen LogP contribution in [0.25, 0.3) is 0 Å². The monoisotopic (exact) mass is 203 g/mol. The van der Waals surface area contributed by atoms with Crippen molar-refractivity contribution in [2.75, 3.05) is 25.9 Å². The SMILES string of the molecule is CCCCCN(C)CC(C)(C)CS. The summed E-state index contributed by atoms with van der Waals surface area (Å²) in [5.41, 5.74) is 0.351. The molecular weight excluding hydrogens is 178 g/mol. The van der Waals surface area contributed by atoms with Crippen molar-refractivity contribution in [1.29, 1.82) is 0 Å². The van der Waals surface area contributed by atoms with Crippen LogP contribution in [-0.4, -0.2) is 30.8 Å². The Bertz CT molecular complexity index is 123. The smallest absolute Gasteiger partial charge is 0.00374 e. The van der Waals surface area contributed by atoms with E-state index >= 15 is 0 Å². The molecule has 0 aromatic rings. The third-order valence-electron chi connectivity index (χ3n) is 2.27. The molecule has 0 fully saturated rings. The Kier molecular flexibility index (Phi) is 6.88. The highest BCUT2D eigenvalue weighted by molar-refractivity contribution is 7.80. The summed E-state index contributed by atoms with van der Waals surface area (Å²) in [4.78, 5) is 2.42. The van der Waals surface area contributed by atoms with Gasteiger partial charge < -0.3 is 4.90 Å². The van der Waals surface area contributed by atoms with Crippen molar-refractivity contribution in [3.8, 4) is 0 Å². The summed E-state index contributed by atoms with van der Waals surface area (Å²) in [6.45, 7) is 9.18. The molecule has 0 aliphatic carbocycles. The highest BCUT2D eigenvalue weighted by Gasteiger charge is 2.17. The maximum Gasteiger partial charge on any atom is 0.00374 e. The van der Waals surface area contributed by atoms with Crippen molar-refractivity contribution < 1.29 is 0 Å². The van der Waals surface area contributed by atoms with Gasteiger partial charge in [0.05, 0.1) is 0 Å². The van der Waals surface area contributed by atoms with Crippen molar-refractivity contribution in [2.24, 2.45) is 5.41 Å². The number of rotatable bonds is 7. The van der Waals surface area contributed by atoms with E-state index in [0.717, 1.165) is 12.3 Å². The molecule has 0 heterocycles. The van der Waals surface area contributed by atoms with Gasteiger partial charge in [-0.25, -0.2) is 0 Å². The van der Waals surface area contributed by atoms with Gasteiger partial charge in [0.15, 0.2) is 0 Å². The molecule has 0 bridgehead atoms. The van der Waals surface area contributed by atoms with Gasteiger partial charge in [0.1, 0.15) is 0 Å². The Hall–Kier alpha value is 0.310. The molecule has 0 aliphatic heterocycles. The van der Waals surface area contributed by atoms with E-state index in [4.69, 9.17) is 0 Å². The number of unbranched alkanes of at least 4 members (excludes halogenated alkanes) is 2. The fraction of sp³-hybridized carbons (Fsp3) is 1.00. The average molecular weight is 203 g/mol. The zero-order valence-corrected chi connectivity index (χ0v) is 10.5. The van der Waals surface area contributed by atoms with Crippen LogP contribution in [0.5, 0.6) is 0 Å². The first-order valence-corrected chi connectivity index (χ1v) is 5.94. The highest BCUT2D eigenvalue weighted by atomic mass is 32.1. The van der Waals surface area contributed by atoms with Crippen LogP contribution in [0.3, 0.4) is 0 Å². The molecule has 0 amide bonds. The molecule has 13 heavy (non-hydrogen) atoms. The van der Waals surface area contributed by atoms with Gasteiger partial charge >= 0.3 is 0 Å². The molecule has 0 radical (unpaired) electrons. The first-order chi connectivity index (χ1) is 6.02. The Morgan fingerprint density at radius 3 is 2.31 bits per heavy atom. The van der Waals surface area contributed by atoms with Gasteiger partial charge in [-0.1, -0.05) is 33.6 Å². The summed E-state index contributed by atoms with van der Waals surface area (Å²) in [6.07, 6.45) is 3.99. The predicted octanol–water partition coefficient (Wildman–Crippen LogP) is 3.06. The minimum absolute atomic E-state index is 0.351. The van der Waals surface area contributed by atoms with Crippen molar-refractivity contribution >= 4 is 12.6 Å².